The Morgan fingerprint density at radius 1 is 1.00 bits per heavy atom. The molecule has 0 bridgehead atoms. The van der Waals surface area contributed by atoms with Gasteiger partial charge in [0.05, 0.1) is 17.8 Å². The molecule has 0 unspecified atom stereocenters. The first-order valence-electron chi connectivity index (χ1n) is 12.8. The molecule has 2 aliphatic rings. The van der Waals surface area contributed by atoms with Gasteiger partial charge in [-0.3, -0.25) is 14.5 Å². The number of anilines is 1. The fraction of sp³-hybridized carbons (Fsp3) is 0.500. The average molecular weight is 518 g/mol. The van der Waals surface area contributed by atoms with Crippen LogP contribution in [0.2, 0.25) is 0 Å². The Hall–Kier alpha value is -3.47. The molecule has 1 aromatic heterocycles. The van der Waals surface area contributed by atoms with Crippen LogP contribution in [0.3, 0.4) is 0 Å². The number of hydrogen-bond acceptors (Lipinski definition) is 5. The van der Waals surface area contributed by atoms with E-state index in [9.17, 15) is 23.2 Å². The molecule has 1 saturated heterocycles. The molecule has 11 heteroatoms. The maximum absolute atomic E-state index is 14.7. The van der Waals surface area contributed by atoms with E-state index < -0.39 is 23.6 Å². The molecule has 0 atom stereocenters. The number of benzene rings is 1. The average Bonchev–Trinajstić information content (AvgIpc) is 3.62. The molecule has 3 N–H and O–H groups in total. The summed E-state index contributed by atoms with van der Waals surface area (Å²) in [6.45, 7) is 5.28. The van der Waals surface area contributed by atoms with E-state index in [0.717, 1.165) is 25.7 Å². The Morgan fingerprint density at radius 3 is 2.46 bits per heavy atom. The van der Waals surface area contributed by atoms with E-state index in [1.165, 1.54) is 17.0 Å². The largest absolute Gasteiger partial charge is 0.455 e. The minimum Gasteiger partial charge on any atom is -0.455 e. The topological polar surface area (TPSA) is 107 Å². The predicted octanol–water partition coefficient (Wildman–Crippen LogP) is 3.58. The van der Waals surface area contributed by atoms with Crippen molar-refractivity contribution in [3.8, 4) is 0 Å². The first-order chi connectivity index (χ1) is 17.9. The Labute approximate surface area is 214 Å². The summed E-state index contributed by atoms with van der Waals surface area (Å²) in [6, 6.07) is 5.18. The highest BCUT2D eigenvalue weighted by molar-refractivity contribution is 5.96. The van der Waals surface area contributed by atoms with Crippen molar-refractivity contribution in [3.63, 3.8) is 0 Å². The van der Waals surface area contributed by atoms with Crippen LogP contribution < -0.4 is 16.0 Å². The molecule has 0 spiro atoms. The summed E-state index contributed by atoms with van der Waals surface area (Å²) in [5.74, 6) is -2.06. The maximum atomic E-state index is 14.7. The molecule has 37 heavy (non-hydrogen) atoms. The summed E-state index contributed by atoms with van der Waals surface area (Å²) in [6.07, 6.45) is 3.99. The molecule has 4 amide bonds. The lowest BCUT2D eigenvalue weighted by atomic mass is 10.1. The van der Waals surface area contributed by atoms with Crippen LogP contribution in [0.25, 0.3) is 0 Å². The molecular weight excluding hydrogens is 484 g/mol. The van der Waals surface area contributed by atoms with Crippen LogP contribution in [-0.4, -0.2) is 66.9 Å². The lowest BCUT2D eigenvalue weighted by Gasteiger charge is -2.34. The fourth-order valence-corrected chi connectivity index (χ4v) is 4.09. The summed E-state index contributed by atoms with van der Waals surface area (Å²) in [5, 5.41) is 7.73. The number of rotatable bonds is 10. The molecule has 2 aromatic rings. The highest BCUT2D eigenvalue weighted by atomic mass is 19.2. The van der Waals surface area contributed by atoms with E-state index >= 15 is 0 Å². The number of nitrogens with one attached hydrogen (secondary N) is 3. The summed E-state index contributed by atoms with van der Waals surface area (Å²) >= 11 is 0. The highest BCUT2D eigenvalue weighted by Gasteiger charge is 2.27. The Bertz CT molecular complexity index is 1130. The lowest BCUT2D eigenvalue weighted by molar-refractivity contribution is 0.0613. The summed E-state index contributed by atoms with van der Waals surface area (Å²) in [4.78, 5) is 40.4. The zero-order valence-corrected chi connectivity index (χ0v) is 20.9. The number of carbonyl (C=O) groups excluding carboxylic acids is 3. The number of carbonyl (C=O) groups is 3. The molecule has 200 valence electrons. The van der Waals surface area contributed by atoms with Crippen molar-refractivity contribution in [3.05, 3.63) is 53.0 Å². The first kappa shape index (κ1) is 26.6. The van der Waals surface area contributed by atoms with Crippen molar-refractivity contribution in [2.45, 2.75) is 39.2 Å². The van der Waals surface area contributed by atoms with E-state index in [2.05, 4.69) is 20.9 Å². The summed E-state index contributed by atoms with van der Waals surface area (Å²) < 4.78 is 35.0. The van der Waals surface area contributed by atoms with Gasteiger partial charge in [0.2, 0.25) is 0 Å². The quantitative estimate of drug-likeness (QED) is 0.418. The minimum absolute atomic E-state index is 0.246. The molecule has 0 radical (unpaired) electrons. The first-order valence-corrected chi connectivity index (χ1v) is 12.8. The third kappa shape index (κ3) is 7.06. The second-order valence-electron chi connectivity index (χ2n) is 9.51. The second-order valence-corrected chi connectivity index (χ2v) is 9.51. The molecule has 1 aliphatic carbocycles. The van der Waals surface area contributed by atoms with Crippen molar-refractivity contribution >= 4 is 23.5 Å². The van der Waals surface area contributed by atoms with Crippen LogP contribution in [0, 0.1) is 17.6 Å². The van der Waals surface area contributed by atoms with E-state index in [1.54, 1.807) is 12.1 Å². The third-order valence-electron chi connectivity index (χ3n) is 6.55. The van der Waals surface area contributed by atoms with Crippen molar-refractivity contribution in [1.82, 2.24) is 20.4 Å². The van der Waals surface area contributed by atoms with Crippen LogP contribution in [0.15, 0.2) is 28.7 Å². The lowest BCUT2D eigenvalue weighted by Crippen LogP contribution is -2.48. The van der Waals surface area contributed by atoms with Gasteiger partial charge in [-0.2, -0.15) is 0 Å². The van der Waals surface area contributed by atoms with Gasteiger partial charge < -0.3 is 25.3 Å². The molecule has 1 saturated carbocycles. The number of halogens is 2. The molecule has 2 heterocycles. The van der Waals surface area contributed by atoms with E-state index in [4.69, 9.17) is 4.42 Å². The highest BCUT2D eigenvalue weighted by Crippen LogP contribution is 2.27. The molecule has 4 rings (SSSR count). The van der Waals surface area contributed by atoms with Crippen LogP contribution in [0.5, 0.6) is 0 Å². The van der Waals surface area contributed by atoms with E-state index in [0.29, 0.717) is 57.5 Å². The predicted molar refractivity (Wildman–Crippen MR) is 133 cm³/mol. The SMILES string of the molecule is CCCCNC(=O)c1ccc(CN2CCN(C(=O)c3ccc(NC(=O)NCC4CC4)c(F)c3F)CC2)o1. The Morgan fingerprint density at radius 2 is 1.76 bits per heavy atom. The van der Waals surface area contributed by atoms with Gasteiger partial charge >= 0.3 is 6.03 Å². The minimum atomic E-state index is -1.28. The number of furan rings is 1. The number of urea groups is 1. The van der Waals surface area contributed by atoms with Crippen molar-refractivity contribution < 1.29 is 27.6 Å². The van der Waals surface area contributed by atoms with Crippen molar-refractivity contribution in [2.75, 3.05) is 44.6 Å². The van der Waals surface area contributed by atoms with Gasteiger partial charge in [-0.05, 0) is 49.4 Å². The standard InChI is InChI=1S/C26H33F2N5O4/c1-2-3-10-29-24(34)21-9-6-18(37-21)16-32-11-13-33(14-12-32)25(35)19-7-8-20(23(28)22(19)27)31-26(36)30-15-17-4-5-17/h6-9,17H,2-5,10-16H2,1H3,(H,29,34)(H2,30,31,36). The number of nitrogens with zero attached hydrogens (tertiary/aromatic N) is 2. The van der Waals surface area contributed by atoms with Gasteiger partial charge in [-0.1, -0.05) is 13.3 Å². The molecule has 1 aromatic carbocycles. The Balaban J connectivity index is 1.27. The van der Waals surface area contributed by atoms with E-state index in [1.807, 2.05) is 6.92 Å². The molecule has 2 fully saturated rings. The summed E-state index contributed by atoms with van der Waals surface area (Å²) in [5.41, 5.74) is -0.691. The monoisotopic (exact) mass is 517 g/mol. The van der Waals surface area contributed by atoms with E-state index in [-0.39, 0.29) is 22.9 Å². The normalized spacial score (nSPS) is 15.9. The molecule has 9 nitrogen and oxygen atoms in total. The van der Waals surface area contributed by atoms with Crippen molar-refractivity contribution in [2.24, 2.45) is 5.92 Å². The van der Waals surface area contributed by atoms with Crippen LogP contribution in [0.4, 0.5) is 19.3 Å². The van der Waals surface area contributed by atoms with Gasteiger partial charge in [0.25, 0.3) is 11.8 Å². The van der Waals surface area contributed by atoms with Gasteiger partial charge in [0.15, 0.2) is 17.4 Å². The van der Waals surface area contributed by atoms with Crippen molar-refractivity contribution in [1.29, 1.82) is 0 Å². The number of unbranched alkanes of at least 4 members (excludes halogenated alkanes) is 1. The second kappa shape index (κ2) is 12.2. The van der Waals surface area contributed by atoms with Gasteiger partial charge in [0.1, 0.15) is 5.76 Å². The van der Waals surface area contributed by atoms with Gasteiger partial charge in [-0.15, -0.1) is 0 Å². The number of piperazine rings is 1. The van der Waals surface area contributed by atoms with Gasteiger partial charge in [0, 0.05) is 39.3 Å². The number of hydrogen-bond donors (Lipinski definition) is 3. The summed E-state index contributed by atoms with van der Waals surface area (Å²) in [7, 11) is 0. The number of amides is 4. The Kier molecular flexibility index (Phi) is 8.75. The molecule has 1 aliphatic heterocycles. The zero-order valence-electron chi connectivity index (χ0n) is 20.9. The fourth-order valence-electron chi connectivity index (χ4n) is 4.09. The van der Waals surface area contributed by atoms with Crippen LogP contribution >= 0.6 is 0 Å². The van der Waals surface area contributed by atoms with Crippen LogP contribution in [-0.2, 0) is 6.54 Å². The zero-order chi connectivity index (χ0) is 26.4. The maximum Gasteiger partial charge on any atom is 0.319 e. The third-order valence-corrected chi connectivity index (χ3v) is 6.55. The van der Waals surface area contributed by atoms with Gasteiger partial charge in [-0.25, -0.2) is 13.6 Å². The smallest absolute Gasteiger partial charge is 0.319 e. The molecular formula is C26H33F2N5O4. The van der Waals surface area contributed by atoms with Crippen LogP contribution in [0.1, 0.15) is 59.3 Å².